The highest BCUT2D eigenvalue weighted by atomic mass is 16.6. The van der Waals surface area contributed by atoms with E-state index in [2.05, 4.69) is 0 Å². The maximum absolute atomic E-state index is 12.2. The predicted molar refractivity (Wildman–Crippen MR) is 93.3 cm³/mol. The van der Waals surface area contributed by atoms with Crippen LogP contribution in [0.3, 0.4) is 0 Å². The number of benzene rings is 1. The lowest BCUT2D eigenvalue weighted by Crippen LogP contribution is -2.51. The largest absolute Gasteiger partial charge is 0.452 e. The third kappa shape index (κ3) is 5.16. The highest BCUT2D eigenvalue weighted by Gasteiger charge is 2.25. The first-order valence-corrected chi connectivity index (χ1v) is 8.45. The molecule has 1 aliphatic rings. The molecule has 27 heavy (non-hydrogen) atoms. The number of nitro benzene ring substituents is 1. The molecule has 0 bridgehead atoms. The fourth-order valence-corrected chi connectivity index (χ4v) is 2.64. The second kappa shape index (κ2) is 8.97. The van der Waals surface area contributed by atoms with E-state index in [4.69, 9.17) is 9.47 Å². The lowest BCUT2D eigenvalue weighted by Gasteiger charge is -2.33. The Morgan fingerprint density at radius 1 is 1.11 bits per heavy atom. The van der Waals surface area contributed by atoms with Crippen LogP contribution in [0, 0.1) is 17.0 Å². The summed E-state index contributed by atoms with van der Waals surface area (Å²) in [5.41, 5.74) is 0.371. The molecular weight excluding hydrogens is 358 g/mol. The number of aryl methyl sites for hydroxylation is 1. The lowest BCUT2D eigenvalue weighted by atomic mass is 10.1. The van der Waals surface area contributed by atoms with E-state index >= 15 is 0 Å². The molecule has 0 radical (unpaired) electrons. The molecule has 0 aliphatic carbocycles. The quantitative estimate of drug-likeness (QED) is 0.430. The first-order chi connectivity index (χ1) is 12.8. The molecule has 2 rings (SSSR count). The molecule has 10 heteroatoms. The number of hydrogen-bond acceptors (Lipinski definition) is 7. The lowest BCUT2D eigenvalue weighted by molar-refractivity contribution is -0.385. The van der Waals surface area contributed by atoms with Crippen LogP contribution in [0.4, 0.5) is 10.5 Å². The van der Waals surface area contributed by atoms with Crippen LogP contribution in [0.5, 0.6) is 0 Å². The van der Waals surface area contributed by atoms with Crippen LogP contribution in [-0.2, 0) is 14.3 Å². The summed E-state index contributed by atoms with van der Waals surface area (Å²) in [4.78, 5) is 49.1. The zero-order valence-electron chi connectivity index (χ0n) is 15.2. The van der Waals surface area contributed by atoms with Crippen LogP contribution in [-0.4, -0.2) is 72.1 Å². The molecule has 1 aromatic carbocycles. The average molecular weight is 379 g/mol. The molecule has 2 amide bonds. The molecule has 0 unspecified atom stereocenters. The fraction of sp³-hybridized carbons (Fsp3) is 0.471. The number of hydrogen-bond donors (Lipinski definition) is 0. The SMILES string of the molecule is CCOC(=O)N1CCN(C(=O)COC(=O)c2ccc([N+](=O)[O-])c(C)c2)CC1. The number of nitro groups is 1. The van der Waals surface area contributed by atoms with Gasteiger partial charge in [0, 0.05) is 37.8 Å². The van der Waals surface area contributed by atoms with Gasteiger partial charge in [-0.1, -0.05) is 0 Å². The van der Waals surface area contributed by atoms with Gasteiger partial charge in [-0.2, -0.15) is 0 Å². The van der Waals surface area contributed by atoms with Crippen molar-refractivity contribution in [3.8, 4) is 0 Å². The smallest absolute Gasteiger partial charge is 0.409 e. The van der Waals surface area contributed by atoms with Crippen LogP contribution in [0.2, 0.25) is 0 Å². The summed E-state index contributed by atoms with van der Waals surface area (Å²) in [6, 6.07) is 3.86. The molecule has 10 nitrogen and oxygen atoms in total. The zero-order chi connectivity index (χ0) is 20.0. The number of rotatable bonds is 5. The molecule has 0 spiro atoms. The summed E-state index contributed by atoms with van der Waals surface area (Å²) in [6.07, 6.45) is -0.412. The average Bonchev–Trinajstić information content (AvgIpc) is 2.65. The fourth-order valence-electron chi connectivity index (χ4n) is 2.64. The Bertz CT molecular complexity index is 742. The first-order valence-electron chi connectivity index (χ1n) is 8.45. The summed E-state index contributed by atoms with van der Waals surface area (Å²) in [6.45, 7) is 4.43. The van der Waals surface area contributed by atoms with Crippen LogP contribution in [0.15, 0.2) is 18.2 Å². The summed E-state index contributed by atoms with van der Waals surface area (Å²) < 4.78 is 9.92. The van der Waals surface area contributed by atoms with Crippen molar-refractivity contribution in [2.24, 2.45) is 0 Å². The van der Waals surface area contributed by atoms with Gasteiger partial charge in [-0.3, -0.25) is 14.9 Å². The zero-order valence-corrected chi connectivity index (χ0v) is 15.2. The number of amides is 2. The summed E-state index contributed by atoms with van der Waals surface area (Å²) >= 11 is 0. The van der Waals surface area contributed by atoms with Crippen molar-refractivity contribution in [2.75, 3.05) is 39.4 Å². The number of ether oxygens (including phenoxy) is 2. The second-order valence-electron chi connectivity index (χ2n) is 5.90. The van der Waals surface area contributed by atoms with Gasteiger partial charge in [0.25, 0.3) is 11.6 Å². The van der Waals surface area contributed by atoms with Crippen molar-refractivity contribution in [1.82, 2.24) is 9.80 Å². The van der Waals surface area contributed by atoms with E-state index in [1.54, 1.807) is 6.92 Å². The van der Waals surface area contributed by atoms with Gasteiger partial charge >= 0.3 is 12.1 Å². The topological polar surface area (TPSA) is 119 Å². The van der Waals surface area contributed by atoms with Crippen molar-refractivity contribution in [2.45, 2.75) is 13.8 Å². The standard InChI is InChI=1S/C17H21N3O7/c1-3-26-17(23)19-8-6-18(7-9-19)15(21)11-27-16(22)13-4-5-14(20(24)25)12(2)10-13/h4-5,10H,3,6-9,11H2,1-2H3. The maximum atomic E-state index is 12.2. The van der Waals surface area contributed by atoms with Gasteiger partial charge in [-0.15, -0.1) is 0 Å². The number of carbonyl (C=O) groups excluding carboxylic acids is 3. The van der Waals surface area contributed by atoms with Gasteiger partial charge in [-0.05, 0) is 26.0 Å². The van der Waals surface area contributed by atoms with Crippen molar-refractivity contribution >= 4 is 23.7 Å². The van der Waals surface area contributed by atoms with Gasteiger partial charge in [0.05, 0.1) is 17.1 Å². The minimum Gasteiger partial charge on any atom is -0.452 e. The van der Waals surface area contributed by atoms with Crippen LogP contribution in [0.1, 0.15) is 22.8 Å². The molecule has 1 aromatic rings. The summed E-state index contributed by atoms with van der Waals surface area (Å²) in [5.74, 6) is -1.10. The molecule has 1 fully saturated rings. The Labute approximate surface area is 155 Å². The minimum absolute atomic E-state index is 0.0953. The Hall–Kier alpha value is -3.17. The summed E-state index contributed by atoms with van der Waals surface area (Å²) in [5, 5.41) is 10.8. The maximum Gasteiger partial charge on any atom is 0.409 e. The second-order valence-corrected chi connectivity index (χ2v) is 5.90. The van der Waals surface area contributed by atoms with E-state index in [0.29, 0.717) is 31.7 Å². The Kier molecular flexibility index (Phi) is 6.69. The van der Waals surface area contributed by atoms with Gasteiger partial charge in [0.2, 0.25) is 0 Å². The molecule has 1 saturated heterocycles. The van der Waals surface area contributed by atoms with Gasteiger partial charge < -0.3 is 19.3 Å². The van der Waals surface area contributed by atoms with Crippen LogP contribution < -0.4 is 0 Å². The number of piperazine rings is 1. The molecule has 0 aromatic heterocycles. The van der Waals surface area contributed by atoms with Crippen molar-refractivity contribution < 1.29 is 28.8 Å². The highest BCUT2D eigenvalue weighted by Crippen LogP contribution is 2.19. The first kappa shape index (κ1) is 20.1. The van der Waals surface area contributed by atoms with Gasteiger partial charge in [0.15, 0.2) is 6.61 Å². The molecular formula is C17H21N3O7. The van der Waals surface area contributed by atoms with E-state index in [1.165, 1.54) is 34.9 Å². The monoisotopic (exact) mass is 379 g/mol. The number of nitrogens with zero attached hydrogens (tertiary/aromatic N) is 3. The van der Waals surface area contributed by atoms with Crippen molar-refractivity contribution in [1.29, 1.82) is 0 Å². The number of carbonyl (C=O) groups is 3. The third-order valence-corrected chi connectivity index (χ3v) is 4.11. The van der Waals surface area contributed by atoms with Gasteiger partial charge in [0.1, 0.15) is 0 Å². The molecule has 0 saturated carbocycles. The normalized spacial score (nSPS) is 13.9. The molecule has 0 N–H and O–H groups in total. The van der Waals surface area contributed by atoms with E-state index in [-0.39, 0.29) is 23.8 Å². The molecule has 0 atom stereocenters. The van der Waals surface area contributed by atoms with Crippen molar-refractivity contribution in [3.05, 3.63) is 39.4 Å². The predicted octanol–water partition coefficient (Wildman–Crippen LogP) is 1.36. The molecule has 1 aliphatic heterocycles. The minimum atomic E-state index is -0.730. The third-order valence-electron chi connectivity index (χ3n) is 4.11. The molecule has 1 heterocycles. The van der Waals surface area contributed by atoms with Crippen LogP contribution in [0.25, 0.3) is 0 Å². The summed E-state index contributed by atoms with van der Waals surface area (Å²) in [7, 11) is 0. The molecule has 146 valence electrons. The van der Waals surface area contributed by atoms with Gasteiger partial charge in [-0.25, -0.2) is 9.59 Å². The van der Waals surface area contributed by atoms with Crippen LogP contribution >= 0.6 is 0 Å². The van der Waals surface area contributed by atoms with E-state index in [9.17, 15) is 24.5 Å². The van der Waals surface area contributed by atoms with Crippen molar-refractivity contribution in [3.63, 3.8) is 0 Å². The highest BCUT2D eigenvalue weighted by molar-refractivity contribution is 5.91. The Morgan fingerprint density at radius 2 is 1.74 bits per heavy atom. The number of esters is 1. The van der Waals surface area contributed by atoms with E-state index in [0.717, 1.165) is 0 Å². The van der Waals surface area contributed by atoms with E-state index < -0.39 is 23.6 Å². The van der Waals surface area contributed by atoms with E-state index in [1.807, 2.05) is 0 Å². The Balaban J connectivity index is 1.84. The Morgan fingerprint density at radius 3 is 2.30 bits per heavy atom.